The van der Waals surface area contributed by atoms with Crippen LogP contribution in [0, 0.1) is 0 Å². The first-order valence-electron chi connectivity index (χ1n) is 5.44. The molecular weight excluding hydrogens is 216 g/mol. The van der Waals surface area contributed by atoms with Crippen molar-refractivity contribution in [2.75, 3.05) is 0 Å². The summed E-state index contributed by atoms with van der Waals surface area (Å²) in [6, 6.07) is 3.76. The fourth-order valence-electron chi connectivity index (χ4n) is 2.12. The first-order valence-corrected chi connectivity index (χ1v) is 5.44. The lowest BCUT2D eigenvalue weighted by molar-refractivity contribution is 0.724. The van der Waals surface area contributed by atoms with Crippen LogP contribution in [0.3, 0.4) is 0 Å². The zero-order chi connectivity index (χ0) is 11.5. The summed E-state index contributed by atoms with van der Waals surface area (Å²) in [5.41, 5.74) is 2.95. The number of aromatic nitrogens is 6. The monoisotopic (exact) mass is 226 g/mol. The highest BCUT2D eigenvalue weighted by molar-refractivity contribution is 5.70. The van der Waals surface area contributed by atoms with Crippen molar-refractivity contribution in [2.45, 2.75) is 18.8 Å². The highest BCUT2D eigenvalue weighted by Gasteiger charge is 2.24. The van der Waals surface area contributed by atoms with Crippen molar-refractivity contribution in [2.24, 2.45) is 0 Å². The molecule has 2 heterocycles. The third-order valence-corrected chi connectivity index (χ3v) is 2.87. The molecule has 84 valence electrons. The Morgan fingerprint density at radius 3 is 2.53 bits per heavy atom. The zero-order valence-corrected chi connectivity index (χ0v) is 9.06. The first-order chi connectivity index (χ1) is 8.45. The lowest BCUT2D eigenvalue weighted by Gasteiger charge is -2.11. The van der Waals surface area contributed by atoms with Crippen molar-refractivity contribution in [1.82, 2.24) is 30.8 Å². The van der Waals surface area contributed by atoms with Crippen LogP contribution in [-0.2, 0) is 0 Å². The van der Waals surface area contributed by atoms with Gasteiger partial charge in [-0.1, -0.05) is 6.08 Å². The van der Waals surface area contributed by atoms with E-state index < -0.39 is 0 Å². The fraction of sp³-hybridized carbons (Fsp3) is 0.273. The summed E-state index contributed by atoms with van der Waals surface area (Å²) in [7, 11) is 0. The molecule has 1 unspecified atom stereocenters. The second-order valence-electron chi connectivity index (χ2n) is 3.84. The van der Waals surface area contributed by atoms with Crippen LogP contribution in [0.15, 0.2) is 30.6 Å². The zero-order valence-electron chi connectivity index (χ0n) is 9.06. The summed E-state index contributed by atoms with van der Waals surface area (Å²) in [4.78, 5) is 0. The maximum Gasteiger partial charge on any atom is 0.0926 e. The van der Waals surface area contributed by atoms with Gasteiger partial charge in [-0.05, 0) is 41.0 Å². The molecule has 17 heavy (non-hydrogen) atoms. The van der Waals surface area contributed by atoms with Crippen LogP contribution >= 0.6 is 0 Å². The lowest BCUT2D eigenvalue weighted by atomic mass is 9.95. The Labute approximate surface area is 97.8 Å². The van der Waals surface area contributed by atoms with Gasteiger partial charge in [-0.2, -0.15) is 0 Å². The van der Waals surface area contributed by atoms with Crippen molar-refractivity contribution < 1.29 is 0 Å². The lowest BCUT2D eigenvalue weighted by Crippen LogP contribution is -2.04. The Kier molecular flexibility index (Phi) is 2.53. The number of hydrogen-bond acceptors (Lipinski definition) is 6. The van der Waals surface area contributed by atoms with Gasteiger partial charge in [-0.3, -0.25) is 0 Å². The predicted octanol–water partition coefficient (Wildman–Crippen LogP) is 1.02. The highest BCUT2D eigenvalue weighted by Crippen LogP contribution is 2.38. The number of allylic oxidation sites excluding steroid dienone is 2. The molecule has 6 heteroatoms. The van der Waals surface area contributed by atoms with E-state index in [1.165, 1.54) is 0 Å². The molecule has 0 saturated heterocycles. The molecule has 2 aromatic heterocycles. The standard InChI is InChI=1S/C11H10N6/c1-2-8(10-4-6-12-16-14-10)9(3-1)11-5-7-13-17-15-11/h2,4-7,9H,1,3H2. The molecular formula is C11H10N6. The summed E-state index contributed by atoms with van der Waals surface area (Å²) < 4.78 is 0. The van der Waals surface area contributed by atoms with Gasteiger partial charge in [0.1, 0.15) is 0 Å². The molecule has 3 rings (SSSR count). The van der Waals surface area contributed by atoms with Crippen LogP contribution in [0.25, 0.3) is 5.57 Å². The normalized spacial score (nSPS) is 19.1. The number of hydrogen-bond donors (Lipinski definition) is 0. The van der Waals surface area contributed by atoms with E-state index in [0.29, 0.717) is 0 Å². The van der Waals surface area contributed by atoms with Crippen molar-refractivity contribution in [3.63, 3.8) is 0 Å². The van der Waals surface area contributed by atoms with Crippen molar-refractivity contribution >= 4 is 5.57 Å². The summed E-state index contributed by atoms with van der Waals surface area (Å²) >= 11 is 0. The molecule has 0 radical (unpaired) electrons. The molecule has 0 saturated carbocycles. The topological polar surface area (TPSA) is 77.3 Å². The minimum absolute atomic E-state index is 0.238. The van der Waals surface area contributed by atoms with E-state index in [-0.39, 0.29) is 5.92 Å². The molecule has 0 N–H and O–H groups in total. The SMILES string of the molecule is C1=C(c2ccnnn2)C(c2ccnnn2)CC1. The van der Waals surface area contributed by atoms with E-state index in [0.717, 1.165) is 29.8 Å². The Bertz CT molecular complexity index is 524. The molecule has 6 nitrogen and oxygen atoms in total. The quantitative estimate of drug-likeness (QED) is 0.760. The fourth-order valence-corrected chi connectivity index (χ4v) is 2.12. The van der Waals surface area contributed by atoms with Gasteiger partial charge in [0.15, 0.2) is 0 Å². The average Bonchev–Trinajstić information content (AvgIpc) is 2.90. The first kappa shape index (κ1) is 9.95. The van der Waals surface area contributed by atoms with Crippen molar-refractivity contribution in [3.8, 4) is 0 Å². The van der Waals surface area contributed by atoms with Crippen LogP contribution in [-0.4, -0.2) is 30.8 Å². The highest BCUT2D eigenvalue weighted by atomic mass is 15.3. The minimum atomic E-state index is 0.238. The van der Waals surface area contributed by atoms with Crippen LogP contribution in [0.2, 0.25) is 0 Å². The van der Waals surface area contributed by atoms with E-state index >= 15 is 0 Å². The summed E-state index contributed by atoms with van der Waals surface area (Å²) in [5, 5.41) is 22.8. The van der Waals surface area contributed by atoms with Gasteiger partial charge in [0.05, 0.1) is 23.8 Å². The predicted molar refractivity (Wildman–Crippen MR) is 59.6 cm³/mol. The van der Waals surface area contributed by atoms with Gasteiger partial charge in [0.25, 0.3) is 0 Å². The van der Waals surface area contributed by atoms with Crippen LogP contribution in [0.5, 0.6) is 0 Å². The minimum Gasteiger partial charge on any atom is -0.139 e. The van der Waals surface area contributed by atoms with E-state index in [9.17, 15) is 0 Å². The molecule has 0 aliphatic heterocycles. The van der Waals surface area contributed by atoms with Gasteiger partial charge in [-0.25, -0.2) is 0 Å². The second-order valence-corrected chi connectivity index (χ2v) is 3.84. The maximum absolute atomic E-state index is 4.07. The van der Waals surface area contributed by atoms with Crippen LogP contribution in [0.1, 0.15) is 30.1 Å². The van der Waals surface area contributed by atoms with Crippen molar-refractivity contribution in [1.29, 1.82) is 0 Å². The van der Waals surface area contributed by atoms with E-state index in [1.54, 1.807) is 12.4 Å². The third-order valence-electron chi connectivity index (χ3n) is 2.87. The molecule has 0 bridgehead atoms. The number of nitrogens with zero attached hydrogens (tertiary/aromatic N) is 6. The van der Waals surface area contributed by atoms with Crippen LogP contribution < -0.4 is 0 Å². The second kappa shape index (κ2) is 4.32. The largest absolute Gasteiger partial charge is 0.139 e. The van der Waals surface area contributed by atoms with Crippen molar-refractivity contribution in [3.05, 3.63) is 42.0 Å². The summed E-state index contributed by atoms with van der Waals surface area (Å²) in [6.07, 6.45) is 7.54. The average molecular weight is 226 g/mol. The number of rotatable bonds is 2. The molecule has 1 aliphatic rings. The molecule has 0 spiro atoms. The maximum atomic E-state index is 4.07. The Hall–Kier alpha value is -2.24. The molecule has 0 amide bonds. The Morgan fingerprint density at radius 2 is 1.82 bits per heavy atom. The molecule has 1 atom stereocenters. The smallest absolute Gasteiger partial charge is 0.0926 e. The third kappa shape index (κ3) is 1.89. The summed E-state index contributed by atoms with van der Waals surface area (Å²) in [6.45, 7) is 0. The molecule has 0 aromatic carbocycles. The van der Waals surface area contributed by atoms with E-state index in [2.05, 4.69) is 36.9 Å². The van der Waals surface area contributed by atoms with E-state index in [1.807, 2.05) is 12.1 Å². The Balaban J connectivity index is 1.96. The summed E-state index contributed by atoms with van der Waals surface area (Å²) in [5.74, 6) is 0.238. The molecule has 1 aliphatic carbocycles. The van der Waals surface area contributed by atoms with Gasteiger partial charge in [0, 0.05) is 5.92 Å². The van der Waals surface area contributed by atoms with E-state index in [4.69, 9.17) is 0 Å². The molecule has 0 fully saturated rings. The van der Waals surface area contributed by atoms with Gasteiger partial charge in [-0.15, -0.1) is 20.4 Å². The van der Waals surface area contributed by atoms with Gasteiger partial charge >= 0.3 is 0 Å². The molecule has 2 aromatic rings. The van der Waals surface area contributed by atoms with Gasteiger partial charge in [0.2, 0.25) is 0 Å². The van der Waals surface area contributed by atoms with Crippen LogP contribution in [0.4, 0.5) is 0 Å². The van der Waals surface area contributed by atoms with Gasteiger partial charge < -0.3 is 0 Å². The Morgan fingerprint density at radius 1 is 1.00 bits per heavy atom.